The van der Waals surface area contributed by atoms with Gasteiger partial charge in [0.15, 0.2) is 0 Å². The lowest BCUT2D eigenvalue weighted by Crippen LogP contribution is -2.06. The summed E-state index contributed by atoms with van der Waals surface area (Å²) in [6, 6.07) is 10.8. The number of nitrogens with two attached hydrogens (primary N) is 1. The first kappa shape index (κ1) is 14.2. The summed E-state index contributed by atoms with van der Waals surface area (Å²) in [5.41, 5.74) is 8.88. The third-order valence-corrected chi connectivity index (χ3v) is 3.45. The van der Waals surface area contributed by atoms with Crippen molar-refractivity contribution in [2.75, 3.05) is 20.0 Å². The Morgan fingerprint density at radius 1 is 1.05 bits per heavy atom. The van der Waals surface area contributed by atoms with Gasteiger partial charge >= 0.3 is 0 Å². The van der Waals surface area contributed by atoms with Gasteiger partial charge in [-0.25, -0.2) is 0 Å². The average Bonchev–Trinajstić information content (AvgIpc) is 2.48. The van der Waals surface area contributed by atoms with E-state index in [1.54, 1.807) is 32.4 Å². The van der Waals surface area contributed by atoms with Gasteiger partial charge in [0.2, 0.25) is 0 Å². The number of aliphatic hydroxyl groups is 1. The van der Waals surface area contributed by atoms with E-state index in [2.05, 4.69) is 0 Å². The topological polar surface area (TPSA) is 64.7 Å². The molecule has 106 valence electrons. The minimum atomic E-state index is -0.792. The summed E-state index contributed by atoms with van der Waals surface area (Å²) in [7, 11) is 3.16. The van der Waals surface area contributed by atoms with Crippen LogP contribution in [0.15, 0.2) is 36.4 Å². The number of benzene rings is 2. The molecule has 0 spiro atoms. The van der Waals surface area contributed by atoms with Crippen LogP contribution in [0.3, 0.4) is 0 Å². The van der Waals surface area contributed by atoms with Gasteiger partial charge in [-0.3, -0.25) is 0 Å². The largest absolute Gasteiger partial charge is 0.497 e. The highest BCUT2D eigenvalue weighted by Crippen LogP contribution is 2.35. The van der Waals surface area contributed by atoms with E-state index in [1.165, 1.54) is 0 Å². The molecule has 3 N–H and O–H groups in total. The first-order valence-electron chi connectivity index (χ1n) is 6.33. The van der Waals surface area contributed by atoms with E-state index in [0.717, 1.165) is 11.1 Å². The third-order valence-electron chi connectivity index (χ3n) is 3.45. The molecule has 2 aromatic carbocycles. The van der Waals surface area contributed by atoms with Crippen molar-refractivity contribution in [3.8, 4) is 11.5 Å². The van der Waals surface area contributed by atoms with E-state index in [9.17, 15) is 5.11 Å². The minimum absolute atomic E-state index is 0.582. The first-order chi connectivity index (χ1) is 9.58. The van der Waals surface area contributed by atoms with E-state index in [1.807, 2.05) is 25.1 Å². The molecule has 4 heteroatoms. The number of methoxy groups -OCH3 is 2. The van der Waals surface area contributed by atoms with Gasteiger partial charge in [-0.05, 0) is 36.2 Å². The van der Waals surface area contributed by atoms with Crippen molar-refractivity contribution in [3.05, 3.63) is 53.1 Å². The van der Waals surface area contributed by atoms with Crippen LogP contribution >= 0.6 is 0 Å². The zero-order chi connectivity index (χ0) is 14.7. The fourth-order valence-electron chi connectivity index (χ4n) is 2.18. The molecule has 0 saturated heterocycles. The Hall–Kier alpha value is -2.20. The highest BCUT2D eigenvalue weighted by molar-refractivity contribution is 5.54. The number of rotatable bonds is 4. The molecule has 0 saturated carbocycles. The fraction of sp³-hybridized carbons (Fsp3) is 0.250. The molecule has 0 fully saturated rings. The van der Waals surface area contributed by atoms with Gasteiger partial charge in [-0.15, -0.1) is 0 Å². The van der Waals surface area contributed by atoms with Crippen LogP contribution in [-0.4, -0.2) is 19.3 Å². The van der Waals surface area contributed by atoms with Crippen molar-refractivity contribution in [1.29, 1.82) is 0 Å². The second-order valence-electron chi connectivity index (χ2n) is 4.57. The SMILES string of the molecule is COc1ccc(C(O)c2cccc(N)c2C)c(OC)c1. The molecule has 2 rings (SSSR count). The number of anilines is 1. The lowest BCUT2D eigenvalue weighted by atomic mass is 9.96. The molecule has 20 heavy (non-hydrogen) atoms. The quantitative estimate of drug-likeness (QED) is 0.841. The van der Waals surface area contributed by atoms with E-state index in [-0.39, 0.29) is 0 Å². The molecule has 0 aliphatic rings. The maximum absolute atomic E-state index is 10.6. The second-order valence-corrected chi connectivity index (χ2v) is 4.57. The zero-order valence-electron chi connectivity index (χ0n) is 11.9. The number of hydrogen-bond acceptors (Lipinski definition) is 4. The molecule has 0 aliphatic carbocycles. The summed E-state index contributed by atoms with van der Waals surface area (Å²) in [5, 5.41) is 10.6. The Balaban J connectivity index is 2.47. The number of nitrogen functional groups attached to an aromatic ring is 1. The van der Waals surface area contributed by atoms with Gasteiger partial charge in [0.05, 0.1) is 14.2 Å². The lowest BCUT2D eigenvalue weighted by molar-refractivity contribution is 0.214. The van der Waals surface area contributed by atoms with Crippen LogP contribution in [0.4, 0.5) is 5.69 Å². The van der Waals surface area contributed by atoms with Crippen molar-refractivity contribution in [1.82, 2.24) is 0 Å². The maximum Gasteiger partial charge on any atom is 0.128 e. The smallest absolute Gasteiger partial charge is 0.128 e. The standard InChI is InChI=1S/C16H19NO3/c1-10-12(5-4-6-14(10)17)16(18)13-8-7-11(19-2)9-15(13)20-3/h4-9,16,18H,17H2,1-3H3. The molecular formula is C16H19NO3. The first-order valence-corrected chi connectivity index (χ1v) is 6.33. The molecule has 1 atom stereocenters. The Labute approximate surface area is 118 Å². The Kier molecular flexibility index (Phi) is 4.15. The van der Waals surface area contributed by atoms with E-state index < -0.39 is 6.10 Å². The van der Waals surface area contributed by atoms with Crippen LogP contribution in [0.25, 0.3) is 0 Å². The lowest BCUT2D eigenvalue weighted by Gasteiger charge is -2.18. The highest BCUT2D eigenvalue weighted by Gasteiger charge is 2.18. The zero-order valence-corrected chi connectivity index (χ0v) is 11.9. The summed E-state index contributed by atoms with van der Waals surface area (Å²) in [6.45, 7) is 1.89. The van der Waals surface area contributed by atoms with Crippen LogP contribution in [0.1, 0.15) is 22.8 Å². The van der Waals surface area contributed by atoms with Crippen molar-refractivity contribution in [2.24, 2.45) is 0 Å². The number of hydrogen-bond donors (Lipinski definition) is 2. The normalized spacial score (nSPS) is 12.0. The fourth-order valence-corrected chi connectivity index (χ4v) is 2.18. The van der Waals surface area contributed by atoms with Gasteiger partial charge in [0.1, 0.15) is 17.6 Å². The molecule has 0 bridgehead atoms. The van der Waals surface area contributed by atoms with Gasteiger partial charge in [0.25, 0.3) is 0 Å². The van der Waals surface area contributed by atoms with Gasteiger partial charge in [0, 0.05) is 17.3 Å². The predicted octanol–water partition coefficient (Wildman–Crippen LogP) is 2.68. The van der Waals surface area contributed by atoms with E-state index >= 15 is 0 Å². The Bertz CT molecular complexity index is 611. The summed E-state index contributed by atoms with van der Waals surface area (Å²) in [4.78, 5) is 0. The molecule has 4 nitrogen and oxygen atoms in total. The molecule has 1 unspecified atom stereocenters. The molecule has 0 aromatic heterocycles. The monoisotopic (exact) mass is 273 g/mol. The summed E-state index contributed by atoms with van der Waals surface area (Å²) in [5.74, 6) is 1.26. The van der Waals surface area contributed by atoms with Crippen molar-refractivity contribution >= 4 is 5.69 Å². The van der Waals surface area contributed by atoms with Gasteiger partial charge in [-0.1, -0.05) is 12.1 Å². The second kappa shape index (κ2) is 5.84. The van der Waals surface area contributed by atoms with Crippen LogP contribution in [0.5, 0.6) is 11.5 Å². The maximum atomic E-state index is 10.6. The number of aliphatic hydroxyl groups excluding tert-OH is 1. The highest BCUT2D eigenvalue weighted by atomic mass is 16.5. The molecule has 0 amide bonds. The summed E-state index contributed by atoms with van der Waals surface area (Å²) < 4.78 is 10.5. The summed E-state index contributed by atoms with van der Waals surface area (Å²) >= 11 is 0. The summed E-state index contributed by atoms with van der Waals surface area (Å²) in [6.07, 6.45) is -0.792. The van der Waals surface area contributed by atoms with Gasteiger partial charge < -0.3 is 20.3 Å². The van der Waals surface area contributed by atoms with E-state index in [4.69, 9.17) is 15.2 Å². The minimum Gasteiger partial charge on any atom is -0.497 e. The predicted molar refractivity (Wildman–Crippen MR) is 79.2 cm³/mol. The van der Waals surface area contributed by atoms with E-state index in [0.29, 0.717) is 22.7 Å². The molecule has 0 aliphatic heterocycles. The Morgan fingerprint density at radius 3 is 2.45 bits per heavy atom. The van der Waals surface area contributed by atoms with Crippen LogP contribution in [-0.2, 0) is 0 Å². The van der Waals surface area contributed by atoms with Crippen molar-refractivity contribution in [3.63, 3.8) is 0 Å². The van der Waals surface area contributed by atoms with Crippen LogP contribution in [0.2, 0.25) is 0 Å². The van der Waals surface area contributed by atoms with Crippen molar-refractivity contribution < 1.29 is 14.6 Å². The third kappa shape index (κ3) is 2.56. The number of ether oxygens (including phenoxy) is 2. The van der Waals surface area contributed by atoms with Crippen molar-refractivity contribution in [2.45, 2.75) is 13.0 Å². The molecule has 0 radical (unpaired) electrons. The van der Waals surface area contributed by atoms with Crippen LogP contribution < -0.4 is 15.2 Å². The molecule has 2 aromatic rings. The Morgan fingerprint density at radius 2 is 1.80 bits per heavy atom. The molecular weight excluding hydrogens is 254 g/mol. The average molecular weight is 273 g/mol. The molecule has 0 heterocycles. The van der Waals surface area contributed by atoms with Gasteiger partial charge in [-0.2, -0.15) is 0 Å². The van der Waals surface area contributed by atoms with Crippen LogP contribution in [0, 0.1) is 6.92 Å².